The van der Waals surface area contributed by atoms with Gasteiger partial charge < -0.3 is 10.3 Å². The van der Waals surface area contributed by atoms with Gasteiger partial charge >= 0.3 is 0 Å². The third-order valence-corrected chi connectivity index (χ3v) is 2.93. The van der Waals surface area contributed by atoms with E-state index in [1.165, 1.54) is 12.1 Å². The number of aromatic nitrogens is 2. The Hall–Kier alpha value is -1.68. The van der Waals surface area contributed by atoms with Gasteiger partial charge in [-0.1, -0.05) is 12.1 Å². The summed E-state index contributed by atoms with van der Waals surface area (Å²) >= 11 is 0. The zero-order valence-corrected chi connectivity index (χ0v) is 9.97. The lowest BCUT2D eigenvalue weighted by molar-refractivity contribution is 0.578. The minimum Gasteiger partial charge on any atom is -0.326 e. The molecule has 0 amide bonds. The summed E-state index contributed by atoms with van der Waals surface area (Å²) in [6, 6.07) is 6.53. The van der Waals surface area contributed by atoms with Gasteiger partial charge in [0.05, 0.1) is 18.1 Å². The molecule has 1 aromatic heterocycles. The molecule has 2 N–H and O–H groups in total. The van der Waals surface area contributed by atoms with Crippen LogP contribution in [0.4, 0.5) is 4.39 Å². The Bertz CT molecular complexity index is 488. The maximum atomic E-state index is 12.9. The minimum atomic E-state index is -0.223. The highest BCUT2D eigenvalue weighted by atomic mass is 19.1. The van der Waals surface area contributed by atoms with Gasteiger partial charge in [0.2, 0.25) is 0 Å². The van der Waals surface area contributed by atoms with Gasteiger partial charge in [-0.3, -0.25) is 0 Å². The second kappa shape index (κ2) is 4.67. The van der Waals surface area contributed by atoms with E-state index < -0.39 is 0 Å². The SMILES string of the molecule is CC(c1ccc(F)cc1)n1cncc1[C@@H](C)N. The van der Waals surface area contributed by atoms with Crippen LogP contribution in [-0.2, 0) is 0 Å². The lowest BCUT2D eigenvalue weighted by Crippen LogP contribution is -2.15. The Balaban J connectivity index is 2.33. The highest BCUT2D eigenvalue weighted by Crippen LogP contribution is 2.22. The van der Waals surface area contributed by atoms with Crippen LogP contribution in [0, 0.1) is 5.82 Å². The summed E-state index contributed by atoms with van der Waals surface area (Å²) in [6.45, 7) is 3.96. The molecule has 0 saturated heterocycles. The first-order valence-corrected chi connectivity index (χ1v) is 5.62. The Morgan fingerprint density at radius 3 is 2.47 bits per heavy atom. The zero-order chi connectivity index (χ0) is 12.4. The van der Waals surface area contributed by atoms with Gasteiger partial charge in [0.1, 0.15) is 5.82 Å². The molecule has 0 aliphatic rings. The predicted molar refractivity (Wildman–Crippen MR) is 65.0 cm³/mol. The Morgan fingerprint density at radius 2 is 1.88 bits per heavy atom. The van der Waals surface area contributed by atoms with Crippen LogP contribution in [0.15, 0.2) is 36.8 Å². The van der Waals surface area contributed by atoms with Gasteiger partial charge in [0.25, 0.3) is 0 Å². The van der Waals surface area contributed by atoms with Gasteiger partial charge in [-0.25, -0.2) is 9.37 Å². The smallest absolute Gasteiger partial charge is 0.123 e. The molecule has 0 aliphatic heterocycles. The van der Waals surface area contributed by atoms with E-state index in [2.05, 4.69) is 4.98 Å². The second-order valence-electron chi connectivity index (χ2n) is 4.24. The lowest BCUT2D eigenvalue weighted by atomic mass is 10.1. The molecule has 0 radical (unpaired) electrons. The third kappa shape index (κ3) is 2.36. The van der Waals surface area contributed by atoms with Crippen LogP contribution in [0.5, 0.6) is 0 Å². The van der Waals surface area contributed by atoms with Crippen molar-refractivity contribution in [3.05, 3.63) is 53.9 Å². The van der Waals surface area contributed by atoms with Crippen LogP contribution >= 0.6 is 0 Å². The van der Waals surface area contributed by atoms with E-state index in [1.54, 1.807) is 24.7 Å². The van der Waals surface area contributed by atoms with Crippen molar-refractivity contribution in [2.75, 3.05) is 0 Å². The molecule has 0 aliphatic carbocycles. The molecule has 0 bridgehead atoms. The molecule has 2 aromatic rings. The summed E-state index contributed by atoms with van der Waals surface area (Å²) in [6.07, 6.45) is 3.53. The molecule has 2 rings (SSSR count). The summed E-state index contributed by atoms with van der Waals surface area (Å²) in [4.78, 5) is 4.12. The van der Waals surface area contributed by atoms with E-state index in [9.17, 15) is 4.39 Å². The number of imidazole rings is 1. The van der Waals surface area contributed by atoms with Gasteiger partial charge in [-0.15, -0.1) is 0 Å². The van der Waals surface area contributed by atoms with Crippen molar-refractivity contribution in [3.8, 4) is 0 Å². The normalized spacial score (nSPS) is 14.6. The highest BCUT2D eigenvalue weighted by Gasteiger charge is 2.13. The van der Waals surface area contributed by atoms with Crippen molar-refractivity contribution in [1.82, 2.24) is 9.55 Å². The fourth-order valence-corrected chi connectivity index (χ4v) is 1.89. The van der Waals surface area contributed by atoms with Crippen molar-refractivity contribution in [2.45, 2.75) is 25.9 Å². The Kier molecular flexibility index (Phi) is 3.24. The van der Waals surface area contributed by atoms with Gasteiger partial charge in [-0.05, 0) is 31.5 Å². The summed E-state index contributed by atoms with van der Waals surface area (Å²) in [7, 11) is 0. The van der Waals surface area contributed by atoms with Gasteiger partial charge in [0.15, 0.2) is 0 Å². The van der Waals surface area contributed by atoms with E-state index in [1.807, 2.05) is 18.4 Å². The summed E-state index contributed by atoms with van der Waals surface area (Å²) < 4.78 is 14.9. The molecule has 17 heavy (non-hydrogen) atoms. The van der Waals surface area contributed by atoms with Crippen LogP contribution in [0.1, 0.15) is 37.2 Å². The van der Waals surface area contributed by atoms with E-state index in [4.69, 9.17) is 5.73 Å². The first-order valence-electron chi connectivity index (χ1n) is 5.62. The highest BCUT2D eigenvalue weighted by molar-refractivity contribution is 5.21. The molecular formula is C13H16FN3. The molecule has 1 aromatic carbocycles. The van der Waals surface area contributed by atoms with E-state index in [0.29, 0.717) is 0 Å². The fraction of sp³-hybridized carbons (Fsp3) is 0.308. The van der Waals surface area contributed by atoms with Crippen LogP contribution in [0.3, 0.4) is 0 Å². The van der Waals surface area contributed by atoms with Crippen molar-refractivity contribution in [1.29, 1.82) is 0 Å². The Morgan fingerprint density at radius 1 is 1.24 bits per heavy atom. The average molecular weight is 233 g/mol. The topological polar surface area (TPSA) is 43.8 Å². The number of benzene rings is 1. The van der Waals surface area contributed by atoms with E-state index in [-0.39, 0.29) is 17.9 Å². The van der Waals surface area contributed by atoms with Crippen molar-refractivity contribution >= 4 is 0 Å². The monoisotopic (exact) mass is 233 g/mol. The van der Waals surface area contributed by atoms with Gasteiger partial charge in [-0.2, -0.15) is 0 Å². The molecule has 1 heterocycles. The first-order chi connectivity index (χ1) is 8.09. The quantitative estimate of drug-likeness (QED) is 0.885. The largest absolute Gasteiger partial charge is 0.326 e. The number of nitrogens with zero attached hydrogens (tertiary/aromatic N) is 2. The maximum absolute atomic E-state index is 12.9. The minimum absolute atomic E-state index is 0.0691. The van der Waals surface area contributed by atoms with E-state index in [0.717, 1.165) is 11.3 Å². The number of hydrogen-bond donors (Lipinski definition) is 1. The van der Waals surface area contributed by atoms with Crippen molar-refractivity contribution < 1.29 is 4.39 Å². The average Bonchev–Trinajstić information content (AvgIpc) is 2.78. The number of rotatable bonds is 3. The number of nitrogens with two attached hydrogens (primary N) is 1. The molecule has 0 fully saturated rings. The molecule has 0 spiro atoms. The third-order valence-electron chi connectivity index (χ3n) is 2.93. The number of hydrogen-bond acceptors (Lipinski definition) is 2. The molecule has 2 atom stereocenters. The molecular weight excluding hydrogens is 217 g/mol. The second-order valence-corrected chi connectivity index (χ2v) is 4.24. The van der Waals surface area contributed by atoms with E-state index >= 15 is 0 Å². The van der Waals surface area contributed by atoms with Crippen LogP contribution in [0.25, 0.3) is 0 Å². The first kappa shape index (κ1) is 11.8. The van der Waals surface area contributed by atoms with Crippen molar-refractivity contribution in [2.24, 2.45) is 5.73 Å². The van der Waals surface area contributed by atoms with Crippen LogP contribution in [0.2, 0.25) is 0 Å². The van der Waals surface area contributed by atoms with Gasteiger partial charge in [0, 0.05) is 12.2 Å². The summed E-state index contributed by atoms with van der Waals surface area (Å²) in [5, 5.41) is 0. The maximum Gasteiger partial charge on any atom is 0.123 e. The van der Waals surface area contributed by atoms with Crippen LogP contribution < -0.4 is 5.73 Å². The van der Waals surface area contributed by atoms with Crippen molar-refractivity contribution in [3.63, 3.8) is 0 Å². The lowest BCUT2D eigenvalue weighted by Gasteiger charge is -2.18. The molecule has 4 heteroatoms. The molecule has 1 unspecified atom stereocenters. The summed E-state index contributed by atoms with van der Waals surface area (Å²) in [5.41, 5.74) is 7.89. The molecule has 3 nitrogen and oxygen atoms in total. The predicted octanol–water partition coefficient (Wildman–Crippen LogP) is 2.65. The number of halogens is 1. The summed E-state index contributed by atoms with van der Waals surface area (Å²) in [5.74, 6) is -0.223. The molecule has 90 valence electrons. The van der Waals surface area contributed by atoms with Crippen LogP contribution in [-0.4, -0.2) is 9.55 Å². The Labute approximate surface area is 100 Å². The fourth-order valence-electron chi connectivity index (χ4n) is 1.89. The standard InChI is InChI=1S/C13H16FN3/c1-9(15)13-7-16-8-17(13)10(2)11-3-5-12(14)6-4-11/h3-10H,15H2,1-2H3/t9-,10?/m1/s1. The molecule has 0 saturated carbocycles. The zero-order valence-electron chi connectivity index (χ0n) is 9.97.